The van der Waals surface area contributed by atoms with E-state index in [0.717, 1.165) is 10.0 Å². The van der Waals surface area contributed by atoms with Gasteiger partial charge in [-0.1, -0.05) is 28.1 Å². The zero-order valence-electron chi connectivity index (χ0n) is 12.9. The summed E-state index contributed by atoms with van der Waals surface area (Å²) in [6.07, 6.45) is 1.17. The largest absolute Gasteiger partial charge is 0.507 e. The Bertz CT molecular complexity index is 814. The second kappa shape index (κ2) is 9.19. The van der Waals surface area contributed by atoms with E-state index >= 15 is 0 Å². The Hall–Kier alpha value is -2.39. The Balaban J connectivity index is 1.82. The number of non-ortho nitro benzene ring substituents is 1. The number of amides is 1. The standard InChI is InChI=1S/C16H14BrN3O4S/c17-13-3-1-2-11(6-13)9-25-10-16(22)19-18-8-12-7-14(20(23)24)4-5-15(12)21/h1-8,21H,9-10H2,(H,19,22)/b18-8-. The van der Waals surface area contributed by atoms with Gasteiger partial charge < -0.3 is 5.11 Å². The van der Waals surface area contributed by atoms with Crippen LogP contribution < -0.4 is 5.43 Å². The molecule has 9 heteroatoms. The van der Waals surface area contributed by atoms with Crippen LogP contribution in [0.5, 0.6) is 5.75 Å². The molecule has 0 aromatic heterocycles. The van der Waals surface area contributed by atoms with Crippen LogP contribution >= 0.6 is 27.7 Å². The summed E-state index contributed by atoms with van der Waals surface area (Å²) in [5.74, 6) is 0.432. The number of carbonyl (C=O) groups is 1. The minimum absolute atomic E-state index is 0.149. The van der Waals surface area contributed by atoms with Crippen molar-refractivity contribution in [3.8, 4) is 5.75 Å². The molecular weight excluding hydrogens is 410 g/mol. The monoisotopic (exact) mass is 423 g/mol. The van der Waals surface area contributed by atoms with E-state index < -0.39 is 4.92 Å². The van der Waals surface area contributed by atoms with Gasteiger partial charge in [-0.3, -0.25) is 14.9 Å². The number of phenols is 1. The second-order valence-electron chi connectivity index (χ2n) is 4.92. The SMILES string of the molecule is O=C(CSCc1cccc(Br)c1)N/N=C\c1cc([N+](=O)[O-])ccc1O. The van der Waals surface area contributed by atoms with Crippen LogP contribution in [0.15, 0.2) is 52.0 Å². The van der Waals surface area contributed by atoms with E-state index in [1.165, 1.54) is 36.2 Å². The summed E-state index contributed by atoms with van der Waals surface area (Å²) in [4.78, 5) is 21.9. The summed E-state index contributed by atoms with van der Waals surface area (Å²) < 4.78 is 0.983. The average molecular weight is 424 g/mol. The molecule has 0 radical (unpaired) electrons. The number of thioether (sulfide) groups is 1. The highest BCUT2D eigenvalue weighted by Crippen LogP contribution is 2.21. The zero-order chi connectivity index (χ0) is 18.2. The minimum Gasteiger partial charge on any atom is -0.507 e. The van der Waals surface area contributed by atoms with Gasteiger partial charge in [-0.25, -0.2) is 5.43 Å². The highest BCUT2D eigenvalue weighted by Gasteiger charge is 2.09. The summed E-state index contributed by atoms with van der Waals surface area (Å²) in [5.41, 5.74) is 3.40. The summed E-state index contributed by atoms with van der Waals surface area (Å²) in [6.45, 7) is 0. The molecule has 0 aliphatic rings. The highest BCUT2D eigenvalue weighted by molar-refractivity contribution is 9.10. The molecule has 2 aromatic rings. The molecule has 2 rings (SSSR count). The lowest BCUT2D eigenvalue weighted by atomic mass is 10.2. The Morgan fingerprint density at radius 1 is 1.36 bits per heavy atom. The van der Waals surface area contributed by atoms with Gasteiger partial charge in [-0.05, 0) is 23.8 Å². The van der Waals surface area contributed by atoms with Gasteiger partial charge in [-0.2, -0.15) is 5.10 Å². The van der Waals surface area contributed by atoms with E-state index in [-0.39, 0.29) is 28.7 Å². The third-order valence-corrected chi connectivity index (χ3v) is 4.50. The molecule has 1 amide bonds. The van der Waals surface area contributed by atoms with Crippen LogP contribution in [0.25, 0.3) is 0 Å². The first-order chi connectivity index (χ1) is 12.0. The van der Waals surface area contributed by atoms with E-state index in [2.05, 4.69) is 26.5 Å². The van der Waals surface area contributed by atoms with Crippen molar-refractivity contribution < 1.29 is 14.8 Å². The number of phenolic OH excluding ortho intramolecular Hbond substituents is 1. The normalized spacial score (nSPS) is 10.8. The molecule has 130 valence electrons. The zero-order valence-corrected chi connectivity index (χ0v) is 15.3. The smallest absolute Gasteiger partial charge is 0.270 e. The molecule has 0 saturated carbocycles. The molecule has 2 N–H and O–H groups in total. The van der Waals surface area contributed by atoms with Crippen molar-refractivity contribution in [1.82, 2.24) is 5.43 Å². The summed E-state index contributed by atoms with van der Waals surface area (Å²) in [5, 5.41) is 24.1. The van der Waals surface area contributed by atoms with Crippen LogP contribution in [0.4, 0.5) is 5.69 Å². The molecule has 0 spiro atoms. The molecule has 0 fully saturated rings. The van der Waals surface area contributed by atoms with Crippen molar-refractivity contribution in [3.63, 3.8) is 0 Å². The molecule has 25 heavy (non-hydrogen) atoms. The fourth-order valence-electron chi connectivity index (χ4n) is 1.85. The number of nitrogens with one attached hydrogen (secondary N) is 1. The van der Waals surface area contributed by atoms with Gasteiger partial charge in [0.15, 0.2) is 0 Å². The first-order valence-electron chi connectivity index (χ1n) is 7.07. The Morgan fingerprint density at radius 2 is 2.16 bits per heavy atom. The van der Waals surface area contributed by atoms with Gasteiger partial charge >= 0.3 is 0 Å². The van der Waals surface area contributed by atoms with E-state index in [9.17, 15) is 20.0 Å². The van der Waals surface area contributed by atoms with Crippen LogP contribution in [0, 0.1) is 10.1 Å². The number of aromatic hydroxyl groups is 1. The van der Waals surface area contributed by atoms with Crippen molar-refractivity contribution in [2.75, 3.05) is 5.75 Å². The van der Waals surface area contributed by atoms with E-state index in [1.54, 1.807) is 0 Å². The molecular formula is C16H14BrN3O4S. The summed E-state index contributed by atoms with van der Waals surface area (Å²) in [7, 11) is 0. The van der Waals surface area contributed by atoms with Crippen LogP contribution in [-0.2, 0) is 10.5 Å². The summed E-state index contributed by atoms with van der Waals surface area (Å²) >= 11 is 4.82. The topological polar surface area (TPSA) is 105 Å². The minimum atomic E-state index is -0.575. The number of nitro benzene ring substituents is 1. The molecule has 0 bridgehead atoms. The van der Waals surface area contributed by atoms with Crippen molar-refractivity contribution in [2.45, 2.75) is 5.75 Å². The van der Waals surface area contributed by atoms with Crippen molar-refractivity contribution in [1.29, 1.82) is 0 Å². The molecule has 7 nitrogen and oxygen atoms in total. The number of rotatable bonds is 7. The van der Waals surface area contributed by atoms with Crippen molar-refractivity contribution in [3.05, 3.63) is 68.2 Å². The predicted octanol–water partition coefficient (Wildman–Crippen LogP) is 3.45. The molecule has 0 saturated heterocycles. The van der Waals surface area contributed by atoms with Crippen LogP contribution in [-0.4, -0.2) is 27.9 Å². The average Bonchev–Trinajstić information content (AvgIpc) is 2.56. The first-order valence-corrected chi connectivity index (χ1v) is 9.02. The maximum atomic E-state index is 11.7. The molecule has 0 unspecified atom stereocenters. The fraction of sp³-hybridized carbons (Fsp3) is 0.125. The number of nitro groups is 1. The lowest BCUT2D eigenvalue weighted by molar-refractivity contribution is -0.384. The highest BCUT2D eigenvalue weighted by atomic mass is 79.9. The Kier molecular flexibility index (Phi) is 6.96. The van der Waals surface area contributed by atoms with Gasteiger partial charge in [0.05, 0.1) is 16.9 Å². The van der Waals surface area contributed by atoms with Crippen LogP contribution in [0.1, 0.15) is 11.1 Å². The predicted molar refractivity (Wildman–Crippen MR) is 101 cm³/mol. The van der Waals surface area contributed by atoms with Crippen molar-refractivity contribution >= 4 is 45.5 Å². The maximum absolute atomic E-state index is 11.7. The molecule has 0 heterocycles. The number of halogens is 1. The lowest BCUT2D eigenvalue weighted by Gasteiger charge is -2.02. The first kappa shape index (κ1) is 18.9. The Morgan fingerprint density at radius 3 is 2.88 bits per heavy atom. The maximum Gasteiger partial charge on any atom is 0.270 e. The Labute approximate surface area is 156 Å². The third kappa shape index (κ3) is 6.20. The fourth-order valence-corrected chi connectivity index (χ4v) is 3.07. The van der Waals surface area contributed by atoms with E-state index in [0.29, 0.717) is 5.75 Å². The van der Waals surface area contributed by atoms with Gasteiger partial charge in [-0.15, -0.1) is 11.8 Å². The van der Waals surface area contributed by atoms with Crippen molar-refractivity contribution in [2.24, 2.45) is 5.10 Å². The number of benzene rings is 2. The van der Waals surface area contributed by atoms with Crippen LogP contribution in [0.3, 0.4) is 0 Å². The number of carbonyl (C=O) groups excluding carboxylic acids is 1. The number of hydrogen-bond donors (Lipinski definition) is 2. The number of hydrogen-bond acceptors (Lipinski definition) is 6. The third-order valence-electron chi connectivity index (χ3n) is 3.01. The van der Waals surface area contributed by atoms with Gasteiger partial charge in [0.25, 0.3) is 5.69 Å². The second-order valence-corrected chi connectivity index (χ2v) is 6.82. The number of hydrazone groups is 1. The van der Waals surface area contributed by atoms with E-state index in [1.807, 2.05) is 24.3 Å². The van der Waals surface area contributed by atoms with Gasteiger partial charge in [0.1, 0.15) is 5.75 Å². The molecule has 0 aliphatic carbocycles. The lowest BCUT2D eigenvalue weighted by Crippen LogP contribution is -2.19. The van der Waals surface area contributed by atoms with Gasteiger partial charge in [0, 0.05) is 27.9 Å². The van der Waals surface area contributed by atoms with Gasteiger partial charge in [0.2, 0.25) is 5.91 Å². The summed E-state index contributed by atoms with van der Waals surface area (Å²) in [6, 6.07) is 11.4. The molecule has 0 atom stereocenters. The molecule has 0 aliphatic heterocycles. The number of nitrogens with zero attached hydrogens (tertiary/aromatic N) is 2. The quantitative estimate of drug-likeness (QED) is 0.403. The molecule has 2 aromatic carbocycles. The van der Waals surface area contributed by atoms with Crippen LogP contribution in [0.2, 0.25) is 0 Å². The van der Waals surface area contributed by atoms with E-state index in [4.69, 9.17) is 0 Å².